The van der Waals surface area contributed by atoms with Gasteiger partial charge >= 0.3 is 0 Å². The molecule has 9 heteroatoms. The van der Waals surface area contributed by atoms with E-state index >= 15 is 0 Å². The molecule has 0 aliphatic rings. The maximum absolute atomic E-state index is 13.2. The summed E-state index contributed by atoms with van der Waals surface area (Å²) in [5.41, 5.74) is 5.74. The number of nitrogens with one attached hydrogen (secondary N) is 1. The van der Waals surface area contributed by atoms with Crippen LogP contribution in [0.25, 0.3) is 0 Å². The van der Waals surface area contributed by atoms with Gasteiger partial charge in [0, 0.05) is 11.0 Å². The van der Waals surface area contributed by atoms with Gasteiger partial charge in [0.1, 0.15) is 5.82 Å². The number of sulfonamides is 1. The molecule has 1 heterocycles. The molecule has 0 saturated carbocycles. The van der Waals surface area contributed by atoms with Crippen molar-refractivity contribution in [1.29, 1.82) is 0 Å². The lowest BCUT2D eigenvalue weighted by atomic mass is 10.2. The third-order valence-electron chi connectivity index (χ3n) is 2.74. The van der Waals surface area contributed by atoms with Crippen LogP contribution in [0.5, 0.6) is 0 Å². The van der Waals surface area contributed by atoms with Crippen LogP contribution < -0.4 is 10.5 Å². The maximum Gasteiger partial charge on any atom is 0.241 e. The van der Waals surface area contributed by atoms with Gasteiger partial charge in [0.05, 0.1) is 16.7 Å². The molecule has 0 radical (unpaired) electrons. The van der Waals surface area contributed by atoms with Crippen molar-refractivity contribution in [2.75, 3.05) is 12.3 Å². The molecule has 1 aromatic heterocycles. The lowest BCUT2D eigenvalue weighted by molar-refractivity contribution is 0.182. The smallest absolute Gasteiger partial charge is 0.241 e. The number of aliphatic hydroxyl groups is 1. The lowest BCUT2D eigenvalue weighted by Crippen LogP contribution is -2.28. The van der Waals surface area contributed by atoms with Gasteiger partial charge in [0.2, 0.25) is 10.0 Å². The Labute approximate surface area is 133 Å². The average molecular weight is 395 g/mol. The SMILES string of the molecule is Nc1cc(S(=O)(=O)NCC(O)c2ccsc2)c(Br)cc1F. The number of hydrogen-bond acceptors (Lipinski definition) is 5. The van der Waals surface area contributed by atoms with Crippen molar-refractivity contribution < 1.29 is 17.9 Å². The monoisotopic (exact) mass is 394 g/mol. The van der Waals surface area contributed by atoms with Crippen molar-refractivity contribution in [2.24, 2.45) is 0 Å². The summed E-state index contributed by atoms with van der Waals surface area (Å²) < 4.78 is 39.9. The highest BCUT2D eigenvalue weighted by Crippen LogP contribution is 2.27. The zero-order chi connectivity index (χ0) is 15.6. The fraction of sp³-hybridized carbons (Fsp3) is 0.167. The van der Waals surface area contributed by atoms with Gasteiger partial charge in [-0.2, -0.15) is 11.3 Å². The highest BCUT2D eigenvalue weighted by atomic mass is 79.9. The molecule has 1 unspecified atom stereocenters. The third-order valence-corrected chi connectivity index (χ3v) is 5.82. The molecule has 0 aliphatic carbocycles. The van der Waals surface area contributed by atoms with Crippen LogP contribution in [0.2, 0.25) is 0 Å². The largest absolute Gasteiger partial charge is 0.396 e. The number of benzene rings is 1. The fourth-order valence-corrected chi connectivity index (χ4v) is 4.39. The van der Waals surface area contributed by atoms with Gasteiger partial charge in [-0.15, -0.1) is 0 Å². The normalized spacial score (nSPS) is 13.3. The number of nitrogen functional groups attached to an aromatic ring is 1. The first-order valence-corrected chi connectivity index (χ1v) is 8.97. The molecule has 0 fully saturated rings. The standard InChI is InChI=1S/C12H12BrFN2O3S2/c13-8-3-9(14)10(15)4-12(8)21(18,19)16-5-11(17)7-1-2-20-6-7/h1-4,6,11,16-17H,5,15H2. The molecule has 0 saturated heterocycles. The van der Waals surface area contributed by atoms with Gasteiger partial charge in [-0.05, 0) is 50.5 Å². The van der Waals surface area contributed by atoms with Gasteiger partial charge in [0.15, 0.2) is 0 Å². The highest BCUT2D eigenvalue weighted by molar-refractivity contribution is 9.10. The second-order valence-electron chi connectivity index (χ2n) is 4.23. The van der Waals surface area contributed by atoms with E-state index in [-0.39, 0.29) is 21.6 Å². The first-order chi connectivity index (χ1) is 9.81. The van der Waals surface area contributed by atoms with E-state index in [1.54, 1.807) is 16.8 Å². The molecule has 1 atom stereocenters. The molecular weight excluding hydrogens is 383 g/mol. The Hall–Kier alpha value is -1.00. The van der Waals surface area contributed by atoms with Crippen LogP contribution in [0, 0.1) is 5.82 Å². The number of anilines is 1. The minimum absolute atomic E-state index is 0.0618. The van der Waals surface area contributed by atoms with E-state index < -0.39 is 21.9 Å². The summed E-state index contributed by atoms with van der Waals surface area (Å²) in [4.78, 5) is -0.182. The van der Waals surface area contributed by atoms with Crippen molar-refractivity contribution in [3.63, 3.8) is 0 Å². The molecule has 0 aliphatic heterocycles. The van der Waals surface area contributed by atoms with Gasteiger partial charge in [0.25, 0.3) is 0 Å². The Morgan fingerprint density at radius 2 is 2.19 bits per heavy atom. The van der Waals surface area contributed by atoms with E-state index in [0.717, 1.165) is 12.1 Å². The van der Waals surface area contributed by atoms with Gasteiger partial charge in [-0.1, -0.05) is 0 Å². The van der Waals surface area contributed by atoms with E-state index in [2.05, 4.69) is 20.7 Å². The quantitative estimate of drug-likeness (QED) is 0.678. The van der Waals surface area contributed by atoms with Crippen LogP contribution in [0.3, 0.4) is 0 Å². The molecule has 2 aromatic rings. The van der Waals surface area contributed by atoms with Crippen LogP contribution in [-0.2, 0) is 10.0 Å². The third kappa shape index (κ3) is 3.80. The van der Waals surface area contributed by atoms with Crippen molar-refractivity contribution in [3.8, 4) is 0 Å². The molecule has 0 amide bonds. The lowest BCUT2D eigenvalue weighted by Gasteiger charge is -2.13. The zero-order valence-corrected chi connectivity index (χ0v) is 13.8. The summed E-state index contributed by atoms with van der Waals surface area (Å²) in [6.07, 6.45) is -0.956. The Balaban J connectivity index is 2.17. The van der Waals surface area contributed by atoms with E-state index in [0.29, 0.717) is 5.56 Å². The van der Waals surface area contributed by atoms with Gasteiger partial charge in [-0.3, -0.25) is 0 Å². The minimum atomic E-state index is -3.92. The number of nitrogens with two attached hydrogens (primary N) is 1. The first kappa shape index (κ1) is 16.4. The molecule has 1 aromatic carbocycles. The molecule has 2 rings (SSSR count). The first-order valence-electron chi connectivity index (χ1n) is 5.75. The Bertz CT molecular complexity index is 735. The molecule has 114 valence electrons. The van der Waals surface area contributed by atoms with Crippen molar-refractivity contribution in [1.82, 2.24) is 4.72 Å². The number of aliphatic hydroxyl groups excluding tert-OH is 1. The Kier molecular flexibility index (Phi) is 4.99. The van der Waals surface area contributed by atoms with Crippen molar-refractivity contribution >= 4 is 43.0 Å². The summed E-state index contributed by atoms with van der Waals surface area (Å²) >= 11 is 4.39. The molecule has 0 spiro atoms. The number of thiophene rings is 1. The fourth-order valence-electron chi connectivity index (χ4n) is 1.60. The Morgan fingerprint density at radius 3 is 2.81 bits per heavy atom. The van der Waals surface area contributed by atoms with Gasteiger partial charge in [-0.25, -0.2) is 17.5 Å². The van der Waals surface area contributed by atoms with Crippen LogP contribution in [0.1, 0.15) is 11.7 Å². The van der Waals surface area contributed by atoms with Crippen LogP contribution in [0.15, 0.2) is 38.3 Å². The Morgan fingerprint density at radius 1 is 1.48 bits per heavy atom. The summed E-state index contributed by atoms with van der Waals surface area (Å²) in [6, 6.07) is 3.72. The topological polar surface area (TPSA) is 92.4 Å². The van der Waals surface area contributed by atoms with Crippen molar-refractivity contribution in [3.05, 3.63) is 44.8 Å². The number of halogens is 2. The molecule has 4 N–H and O–H groups in total. The maximum atomic E-state index is 13.2. The minimum Gasteiger partial charge on any atom is -0.396 e. The van der Waals surface area contributed by atoms with Crippen LogP contribution in [0.4, 0.5) is 10.1 Å². The summed E-state index contributed by atoms with van der Waals surface area (Å²) in [6.45, 7) is -0.192. The summed E-state index contributed by atoms with van der Waals surface area (Å²) in [5.74, 6) is -0.709. The number of rotatable bonds is 5. The average Bonchev–Trinajstić information content (AvgIpc) is 2.94. The molecule has 0 bridgehead atoms. The van der Waals surface area contributed by atoms with E-state index in [1.165, 1.54) is 11.3 Å². The van der Waals surface area contributed by atoms with Gasteiger partial charge < -0.3 is 10.8 Å². The van der Waals surface area contributed by atoms with E-state index in [1.807, 2.05) is 0 Å². The van der Waals surface area contributed by atoms with Crippen molar-refractivity contribution in [2.45, 2.75) is 11.0 Å². The summed E-state index contributed by atoms with van der Waals surface area (Å²) in [5, 5.41) is 13.4. The summed E-state index contributed by atoms with van der Waals surface area (Å²) in [7, 11) is -3.92. The second kappa shape index (κ2) is 6.41. The molecule has 21 heavy (non-hydrogen) atoms. The van der Waals surface area contributed by atoms with E-state index in [4.69, 9.17) is 5.73 Å². The van der Waals surface area contributed by atoms with Crippen LogP contribution in [-0.4, -0.2) is 20.1 Å². The predicted octanol–water partition coefficient (Wildman–Crippen LogP) is 2.24. The zero-order valence-electron chi connectivity index (χ0n) is 10.6. The van der Waals surface area contributed by atoms with Crippen LogP contribution >= 0.6 is 27.3 Å². The second-order valence-corrected chi connectivity index (χ2v) is 7.60. The van der Waals surface area contributed by atoms with E-state index in [9.17, 15) is 17.9 Å². The number of hydrogen-bond donors (Lipinski definition) is 3. The highest BCUT2D eigenvalue weighted by Gasteiger charge is 2.21. The molecular formula is C12H12BrFN2O3S2. The predicted molar refractivity (Wildman–Crippen MR) is 83.0 cm³/mol. The molecule has 5 nitrogen and oxygen atoms in total.